The van der Waals surface area contributed by atoms with Gasteiger partial charge in [-0.1, -0.05) is 6.92 Å². The smallest absolute Gasteiger partial charge is 0.328 e. The number of aryl methyl sites for hydroxylation is 1. The van der Waals surface area contributed by atoms with Gasteiger partial charge in [0.05, 0.1) is 4.88 Å². The minimum absolute atomic E-state index is 0.0959. The summed E-state index contributed by atoms with van der Waals surface area (Å²) in [7, 11) is 0. The molecule has 6 heteroatoms. The molecule has 1 aromatic heterocycles. The highest BCUT2D eigenvalue weighted by atomic mass is 32.2. The highest BCUT2D eigenvalue weighted by Crippen LogP contribution is 2.23. The summed E-state index contributed by atoms with van der Waals surface area (Å²) in [5.41, 5.74) is 0.912. The van der Waals surface area contributed by atoms with Crippen molar-refractivity contribution in [1.29, 1.82) is 0 Å². The zero-order valence-corrected chi connectivity index (χ0v) is 13.4. The lowest BCUT2D eigenvalue weighted by Gasteiger charge is -2.08. The normalized spacial score (nSPS) is 12.6. The minimum Gasteiger partial charge on any atom is -0.478 e. The zero-order valence-electron chi connectivity index (χ0n) is 11.8. The predicted octanol–water partition coefficient (Wildman–Crippen LogP) is 3.03. The maximum Gasteiger partial charge on any atom is 0.328 e. The van der Waals surface area contributed by atoms with Crippen molar-refractivity contribution >= 4 is 41.1 Å². The Hall–Kier alpha value is -1.27. The molecule has 110 valence electrons. The van der Waals surface area contributed by atoms with E-state index in [9.17, 15) is 9.59 Å². The van der Waals surface area contributed by atoms with Crippen molar-refractivity contribution in [3.8, 4) is 0 Å². The topological polar surface area (TPSA) is 66.4 Å². The summed E-state index contributed by atoms with van der Waals surface area (Å²) in [5, 5.41) is 12.0. The molecule has 0 radical (unpaired) electrons. The fraction of sp³-hybridized carbons (Fsp3) is 0.429. The Morgan fingerprint density at radius 3 is 2.85 bits per heavy atom. The van der Waals surface area contributed by atoms with Gasteiger partial charge in [-0.3, -0.25) is 4.79 Å². The molecule has 0 fully saturated rings. The molecule has 0 bridgehead atoms. The first kappa shape index (κ1) is 16.8. The van der Waals surface area contributed by atoms with Crippen LogP contribution in [0.3, 0.4) is 0 Å². The fourth-order valence-electron chi connectivity index (χ4n) is 1.51. The summed E-state index contributed by atoms with van der Waals surface area (Å²) in [5.74, 6) is -1.09. The third kappa shape index (κ3) is 5.38. The van der Waals surface area contributed by atoms with E-state index in [1.165, 1.54) is 17.4 Å². The monoisotopic (exact) mass is 313 g/mol. The van der Waals surface area contributed by atoms with E-state index >= 15 is 0 Å². The Kier molecular flexibility index (Phi) is 6.81. The highest BCUT2D eigenvalue weighted by molar-refractivity contribution is 7.99. The summed E-state index contributed by atoms with van der Waals surface area (Å²) >= 11 is 3.08. The molecule has 4 nitrogen and oxygen atoms in total. The number of rotatable bonds is 7. The second kappa shape index (κ2) is 8.11. The van der Waals surface area contributed by atoms with Gasteiger partial charge in [0.15, 0.2) is 0 Å². The van der Waals surface area contributed by atoms with Crippen LogP contribution >= 0.6 is 23.1 Å². The quantitative estimate of drug-likeness (QED) is 0.759. The number of nitrogens with one attached hydrogen (secondary N) is 1. The molecule has 1 aromatic rings. The van der Waals surface area contributed by atoms with E-state index in [4.69, 9.17) is 5.11 Å². The van der Waals surface area contributed by atoms with E-state index in [0.717, 1.165) is 22.9 Å². The molecule has 0 aliphatic carbocycles. The number of thiophene rings is 1. The van der Waals surface area contributed by atoms with Crippen LogP contribution in [0.4, 0.5) is 0 Å². The molecular formula is C14H19NO3S2. The lowest BCUT2D eigenvalue weighted by atomic mass is 10.2. The van der Waals surface area contributed by atoms with E-state index in [1.54, 1.807) is 17.8 Å². The molecule has 1 heterocycles. The van der Waals surface area contributed by atoms with Gasteiger partial charge < -0.3 is 10.4 Å². The highest BCUT2D eigenvalue weighted by Gasteiger charge is 2.11. The third-order valence-corrected chi connectivity index (χ3v) is 5.04. The van der Waals surface area contributed by atoms with E-state index in [0.29, 0.717) is 16.7 Å². The zero-order chi connectivity index (χ0) is 15.1. The molecule has 0 spiro atoms. The predicted molar refractivity (Wildman–Crippen MR) is 85.7 cm³/mol. The largest absolute Gasteiger partial charge is 0.478 e. The van der Waals surface area contributed by atoms with Crippen molar-refractivity contribution in [2.75, 3.05) is 12.8 Å². The summed E-state index contributed by atoms with van der Waals surface area (Å²) < 4.78 is 0. The van der Waals surface area contributed by atoms with Crippen LogP contribution in [-0.2, 0) is 4.79 Å². The van der Waals surface area contributed by atoms with Gasteiger partial charge in [-0.05, 0) is 37.3 Å². The molecular weight excluding hydrogens is 294 g/mol. The first-order valence-corrected chi connectivity index (χ1v) is 8.37. The van der Waals surface area contributed by atoms with Gasteiger partial charge in [-0.15, -0.1) is 11.3 Å². The summed E-state index contributed by atoms with van der Waals surface area (Å²) in [6.07, 6.45) is 5.59. The van der Waals surface area contributed by atoms with Crippen LogP contribution in [0.15, 0.2) is 12.1 Å². The van der Waals surface area contributed by atoms with Crippen molar-refractivity contribution in [2.24, 2.45) is 0 Å². The van der Waals surface area contributed by atoms with Crippen LogP contribution in [0, 0.1) is 6.92 Å². The SMILES string of the molecule is CSC(C)CCNC(=O)c1cc(C)c(/C=C/C(=O)O)s1. The molecule has 20 heavy (non-hydrogen) atoms. The lowest BCUT2D eigenvalue weighted by Crippen LogP contribution is -2.25. The first-order chi connectivity index (χ1) is 9.43. The van der Waals surface area contributed by atoms with Crippen LogP contribution < -0.4 is 5.32 Å². The number of thioether (sulfide) groups is 1. The van der Waals surface area contributed by atoms with E-state index in [-0.39, 0.29) is 5.91 Å². The summed E-state index contributed by atoms with van der Waals surface area (Å²) in [6.45, 7) is 4.64. The van der Waals surface area contributed by atoms with Gasteiger partial charge >= 0.3 is 5.97 Å². The average molecular weight is 313 g/mol. The number of carbonyl (C=O) groups is 2. The van der Waals surface area contributed by atoms with Crippen molar-refractivity contribution in [3.05, 3.63) is 27.5 Å². The maximum absolute atomic E-state index is 12.0. The number of carbonyl (C=O) groups excluding carboxylic acids is 1. The van der Waals surface area contributed by atoms with Gasteiger partial charge in [0, 0.05) is 22.7 Å². The number of carboxylic acid groups (broad SMARTS) is 1. The van der Waals surface area contributed by atoms with Gasteiger partial charge in [-0.2, -0.15) is 11.8 Å². The molecule has 2 N–H and O–H groups in total. The summed E-state index contributed by atoms with van der Waals surface area (Å²) in [6, 6.07) is 1.79. The number of hydrogen-bond donors (Lipinski definition) is 2. The molecule has 0 aliphatic rings. The van der Waals surface area contributed by atoms with Crippen molar-refractivity contribution in [3.63, 3.8) is 0 Å². The van der Waals surface area contributed by atoms with Gasteiger partial charge in [0.1, 0.15) is 0 Å². The van der Waals surface area contributed by atoms with Gasteiger partial charge in [-0.25, -0.2) is 4.79 Å². The van der Waals surface area contributed by atoms with Gasteiger partial charge in [0.2, 0.25) is 0 Å². The first-order valence-electron chi connectivity index (χ1n) is 6.26. The second-order valence-corrected chi connectivity index (χ2v) is 6.78. The van der Waals surface area contributed by atoms with Crippen LogP contribution in [-0.4, -0.2) is 35.0 Å². The molecule has 1 amide bonds. The Morgan fingerprint density at radius 2 is 2.25 bits per heavy atom. The number of aliphatic carboxylic acids is 1. The van der Waals surface area contributed by atoms with Crippen molar-refractivity contribution in [2.45, 2.75) is 25.5 Å². The Labute approximate surface area is 127 Å². The van der Waals surface area contributed by atoms with Crippen LogP contribution in [0.1, 0.15) is 33.5 Å². The second-order valence-electron chi connectivity index (χ2n) is 4.42. The number of hydrogen-bond acceptors (Lipinski definition) is 4. The third-order valence-electron chi connectivity index (χ3n) is 2.80. The van der Waals surface area contributed by atoms with E-state index in [1.807, 2.05) is 6.92 Å². The molecule has 0 saturated carbocycles. The standard InChI is InChI=1S/C14H19NO3S2/c1-9-8-12(20-11(9)4-5-13(16)17)14(18)15-7-6-10(2)19-3/h4-5,8,10H,6-7H2,1-3H3,(H,15,18)(H,16,17)/b5-4+. The Balaban J connectivity index is 2.61. The molecule has 1 atom stereocenters. The fourth-order valence-corrected chi connectivity index (χ4v) is 2.86. The molecule has 1 rings (SSSR count). The van der Waals surface area contributed by atoms with Crippen molar-refractivity contribution in [1.82, 2.24) is 5.32 Å². The van der Waals surface area contributed by atoms with E-state index < -0.39 is 5.97 Å². The van der Waals surface area contributed by atoms with Gasteiger partial charge in [0.25, 0.3) is 5.91 Å². The van der Waals surface area contributed by atoms with E-state index in [2.05, 4.69) is 18.5 Å². The molecule has 0 saturated heterocycles. The number of carboxylic acids is 1. The lowest BCUT2D eigenvalue weighted by molar-refractivity contribution is -0.131. The van der Waals surface area contributed by atoms with Crippen LogP contribution in [0.25, 0.3) is 6.08 Å². The van der Waals surface area contributed by atoms with Crippen molar-refractivity contribution < 1.29 is 14.7 Å². The minimum atomic E-state index is -0.991. The molecule has 1 unspecified atom stereocenters. The molecule has 0 aliphatic heterocycles. The van der Waals surface area contributed by atoms with Crippen LogP contribution in [0.2, 0.25) is 0 Å². The maximum atomic E-state index is 12.0. The number of amides is 1. The summed E-state index contributed by atoms with van der Waals surface area (Å²) in [4.78, 5) is 23.9. The van der Waals surface area contributed by atoms with Crippen LogP contribution in [0.5, 0.6) is 0 Å². The molecule has 0 aromatic carbocycles. The Morgan fingerprint density at radius 1 is 1.55 bits per heavy atom. The average Bonchev–Trinajstić information content (AvgIpc) is 2.77. The Bertz CT molecular complexity index is 509.